The number of hydrogen-bond acceptors (Lipinski definition) is 2. The van der Waals surface area contributed by atoms with E-state index < -0.39 is 0 Å². The van der Waals surface area contributed by atoms with Crippen LogP contribution in [-0.4, -0.2) is 37.6 Å². The first-order valence-corrected chi connectivity index (χ1v) is 5.39. The van der Waals surface area contributed by atoms with Crippen molar-refractivity contribution in [3.05, 3.63) is 12.2 Å². The second kappa shape index (κ2) is 3.81. The second-order valence-corrected chi connectivity index (χ2v) is 4.48. The maximum absolute atomic E-state index is 4.07. The van der Waals surface area contributed by atoms with Gasteiger partial charge in [0.15, 0.2) is 0 Å². The molecule has 0 aromatic carbocycles. The van der Waals surface area contributed by atoms with Crippen LogP contribution >= 0.6 is 0 Å². The maximum Gasteiger partial charge on any atom is 0.0190 e. The van der Waals surface area contributed by atoms with Crippen molar-refractivity contribution in [3.8, 4) is 0 Å². The molecule has 2 aliphatic rings. The molecule has 0 aliphatic carbocycles. The predicted molar refractivity (Wildman–Crippen MR) is 55.7 cm³/mol. The monoisotopic (exact) mass is 180 g/mol. The first-order chi connectivity index (χ1) is 6.29. The molecule has 0 radical (unpaired) electrons. The highest BCUT2D eigenvalue weighted by Gasteiger charge is 2.35. The zero-order chi connectivity index (χ0) is 9.26. The van der Waals surface area contributed by atoms with Gasteiger partial charge in [-0.2, -0.15) is 0 Å². The number of fused-ring (bicyclic) bond motifs is 1. The smallest absolute Gasteiger partial charge is 0.0190 e. The van der Waals surface area contributed by atoms with Crippen LogP contribution in [0.2, 0.25) is 0 Å². The lowest BCUT2D eigenvalue weighted by atomic mass is 10.0. The van der Waals surface area contributed by atoms with Crippen LogP contribution in [0.3, 0.4) is 0 Å². The minimum atomic E-state index is 0.921. The van der Waals surface area contributed by atoms with E-state index in [1.165, 1.54) is 31.8 Å². The Hall–Kier alpha value is -0.340. The van der Waals surface area contributed by atoms with E-state index in [4.69, 9.17) is 0 Å². The lowest BCUT2D eigenvalue weighted by Crippen LogP contribution is -2.27. The average Bonchev–Trinajstić information content (AvgIpc) is 2.63. The van der Waals surface area contributed by atoms with E-state index in [1.807, 2.05) is 0 Å². The number of rotatable bonds is 3. The molecule has 2 nitrogen and oxygen atoms in total. The fourth-order valence-electron chi connectivity index (χ4n) is 2.51. The number of nitrogens with one attached hydrogen (secondary N) is 1. The van der Waals surface area contributed by atoms with Gasteiger partial charge in [-0.05, 0) is 31.3 Å². The average molecular weight is 180 g/mol. The Bertz CT molecular complexity index is 188. The van der Waals surface area contributed by atoms with Gasteiger partial charge in [0.2, 0.25) is 0 Å². The van der Waals surface area contributed by atoms with Crippen molar-refractivity contribution in [3.63, 3.8) is 0 Å². The van der Waals surface area contributed by atoms with Gasteiger partial charge in [-0.25, -0.2) is 0 Å². The minimum Gasteiger partial charge on any atom is -0.316 e. The van der Waals surface area contributed by atoms with Crippen LogP contribution in [0, 0.1) is 11.8 Å². The van der Waals surface area contributed by atoms with Gasteiger partial charge in [-0.1, -0.05) is 19.1 Å². The van der Waals surface area contributed by atoms with Crippen LogP contribution in [-0.2, 0) is 0 Å². The zero-order valence-corrected chi connectivity index (χ0v) is 8.55. The quantitative estimate of drug-likeness (QED) is 0.654. The van der Waals surface area contributed by atoms with Gasteiger partial charge in [0.25, 0.3) is 0 Å². The summed E-state index contributed by atoms with van der Waals surface area (Å²) >= 11 is 0. The van der Waals surface area contributed by atoms with Gasteiger partial charge in [0, 0.05) is 19.6 Å². The van der Waals surface area contributed by atoms with Crippen LogP contribution in [0.4, 0.5) is 0 Å². The Morgan fingerprint density at radius 2 is 2.00 bits per heavy atom. The molecule has 2 aliphatic heterocycles. The predicted octanol–water partition coefficient (Wildman–Crippen LogP) is 1.10. The van der Waals surface area contributed by atoms with E-state index in [9.17, 15) is 0 Å². The molecule has 2 saturated heterocycles. The molecule has 0 saturated carbocycles. The Labute approximate surface area is 81.0 Å². The van der Waals surface area contributed by atoms with Gasteiger partial charge in [0.1, 0.15) is 0 Å². The van der Waals surface area contributed by atoms with Crippen LogP contribution in [0.15, 0.2) is 12.2 Å². The molecule has 74 valence electrons. The molecule has 2 heterocycles. The summed E-state index contributed by atoms with van der Waals surface area (Å²) in [6.07, 6.45) is 1.13. The number of likely N-dealkylation sites (tertiary alicyclic amines) is 1. The molecule has 0 unspecified atom stereocenters. The van der Waals surface area contributed by atoms with Crippen molar-refractivity contribution in [1.82, 2.24) is 10.2 Å². The summed E-state index contributed by atoms with van der Waals surface area (Å²) in [6, 6.07) is 0. The van der Waals surface area contributed by atoms with E-state index in [-0.39, 0.29) is 0 Å². The molecule has 0 amide bonds. The summed E-state index contributed by atoms with van der Waals surface area (Å²) in [5.74, 6) is 1.84. The van der Waals surface area contributed by atoms with Crippen molar-refractivity contribution >= 4 is 0 Å². The van der Waals surface area contributed by atoms with Crippen molar-refractivity contribution in [2.75, 3.05) is 32.7 Å². The molecular weight excluding hydrogens is 160 g/mol. The lowest BCUT2D eigenvalue weighted by Gasteiger charge is -2.17. The first-order valence-electron chi connectivity index (χ1n) is 5.39. The van der Waals surface area contributed by atoms with Crippen LogP contribution in [0.1, 0.15) is 13.3 Å². The number of nitrogens with zero attached hydrogens (tertiary/aromatic N) is 1. The molecule has 1 N–H and O–H groups in total. The summed E-state index contributed by atoms with van der Waals surface area (Å²) in [5, 5.41) is 3.46. The first kappa shape index (κ1) is 9.22. The van der Waals surface area contributed by atoms with E-state index in [0.717, 1.165) is 24.8 Å². The van der Waals surface area contributed by atoms with E-state index in [1.54, 1.807) is 0 Å². The highest BCUT2D eigenvalue weighted by Crippen LogP contribution is 2.26. The van der Waals surface area contributed by atoms with Gasteiger partial charge in [-0.15, -0.1) is 0 Å². The van der Waals surface area contributed by atoms with Gasteiger partial charge in [-0.3, -0.25) is 4.90 Å². The van der Waals surface area contributed by atoms with Crippen LogP contribution in [0.25, 0.3) is 0 Å². The Morgan fingerprint density at radius 1 is 1.38 bits per heavy atom. The Kier molecular flexibility index (Phi) is 2.70. The fraction of sp³-hybridized carbons (Fsp3) is 0.818. The fourth-order valence-corrected chi connectivity index (χ4v) is 2.51. The highest BCUT2D eigenvalue weighted by atomic mass is 15.2. The molecule has 0 aromatic heterocycles. The maximum atomic E-state index is 4.07. The summed E-state index contributed by atoms with van der Waals surface area (Å²) in [4.78, 5) is 2.57. The summed E-state index contributed by atoms with van der Waals surface area (Å²) < 4.78 is 0. The van der Waals surface area contributed by atoms with E-state index in [2.05, 4.69) is 23.7 Å². The lowest BCUT2D eigenvalue weighted by molar-refractivity contribution is 0.337. The van der Waals surface area contributed by atoms with E-state index >= 15 is 0 Å². The summed E-state index contributed by atoms with van der Waals surface area (Å²) in [7, 11) is 0. The second-order valence-electron chi connectivity index (χ2n) is 4.48. The minimum absolute atomic E-state index is 0.921. The zero-order valence-electron chi connectivity index (χ0n) is 8.55. The third-order valence-electron chi connectivity index (χ3n) is 3.41. The normalized spacial score (nSPS) is 33.6. The molecular formula is C11H20N2. The summed E-state index contributed by atoms with van der Waals surface area (Å²) in [5.41, 5.74) is 1.38. The van der Waals surface area contributed by atoms with Crippen molar-refractivity contribution in [1.29, 1.82) is 0 Å². The summed E-state index contributed by atoms with van der Waals surface area (Å²) in [6.45, 7) is 12.4. The molecule has 0 aromatic rings. The van der Waals surface area contributed by atoms with Crippen LogP contribution in [0.5, 0.6) is 0 Å². The van der Waals surface area contributed by atoms with Crippen LogP contribution < -0.4 is 5.32 Å². The topological polar surface area (TPSA) is 15.3 Å². The Morgan fingerprint density at radius 3 is 2.54 bits per heavy atom. The van der Waals surface area contributed by atoms with Crippen molar-refractivity contribution < 1.29 is 0 Å². The molecule has 0 spiro atoms. The molecule has 13 heavy (non-hydrogen) atoms. The molecule has 2 fully saturated rings. The SMILES string of the molecule is C=C(CC)CN1C[C@H]2CNC[C@H]2C1. The standard InChI is InChI=1S/C11H20N2/c1-3-9(2)6-13-7-10-4-12-5-11(10)8-13/h10-12H,2-8H2,1H3/t10-,11+. The Balaban J connectivity index is 1.82. The van der Waals surface area contributed by atoms with Gasteiger partial charge < -0.3 is 5.32 Å². The molecule has 2 atom stereocenters. The largest absolute Gasteiger partial charge is 0.316 e. The van der Waals surface area contributed by atoms with Crippen molar-refractivity contribution in [2.45, 2.75) is 13.3 Å². The molecule has 2 rings (SSSR count). The van der Waals surface area contributed by atoms with E-state index in [0.29, 0.717) is 0 Å². The third kappa shape index (κ3) is 1.94. The highest BCUT2D eigenvalue weighted by molar-refractivity contribution is 5.00. The van der Waals surface area contributed by atoms with Gasteiger partial charge >= 0.3 is 0 Å². The molecule has 2 heteroatoms. The van der Waals surface area contributed by atoms with Crippen molar-refractivity contribution in [2.24, 2.45) is 11.8 Å². The number of hydrogen-bond donors (Lipinski definition) is 1. The van der Waals surface area contributed by atoms with Gasteiger partial charge in [0.05, 0.1) is 0 Å². The third-order valence-corrected chi connectivity index (χ3v) is 3.41. The molecule has 0 bridgehead atoms.